The van der Waals surface area contributed by atoms with E-state index in [2.05, 4.69) is 15.3 Å². The van der Waals surface area contributed by atoms with Crippen molar-refractivity contribution < 1.29 is 9.13 Å². The molecule has 0 aliphatic carbocycles. The third-order valence-corrected chi connectivity index (χ3v) is 3.73. The van der Waals surface area contributed by atoms with Crippen LogP contribution in [0.15, 0.2) is 30.6 Å². The highest BCUT2D eigenvalue weighted by Gasteiger charge is 2.19. The number of halogens is 1. The predicted octanol–water partition coefficient (Wildman–Crippen LogP) is 3.04. The van der Waals surface area contributed by atoms with Gasteiger partial charge < -0.3 is 10.1 Å². The molecule has 1 aliphatic heterocycles. The standard InChI is InChI=1S/C16H18FN3O/c1-11-6-12(2-3-14(11)17)8-18-16-7-15(19-10-20-16)13-4-5-21-9-13/h2-3,6-7,10,13H,4-5,8-9H2,1H3,(H,18,19,20)/t13-/m0/s1. The lowest BCUT2D eigenvalue weighted by atomic mass is 10.0. The van der Waals surface area contributed by atoms with Crippen molar-refractivity contribution in [1.82, 2.24) is 9.97 Å². The average molecular weight is 287 g/mol. The van der Waals surface area contributed by atoms with Crippen molar-refractivity contribution in [3.8, 4) is 0 Å². The average Bonchev–Trinajstić information content (AvgIpc) is 3.03. The molecule has 1 fully saturated rings. The van der Waals surface area contributed by atoms with Crippen LogP contribution in [0.25, 0.3) is 0 Å². The summed E-state index contributed by atoms with van der Waals surface area (Å²) in [5.41, 5.74) is 2.69. The first kappa shape index (κ1) is 13.9. The Morgan fingerprint density at radius 1 is 1.33 bits per heavy atom. The van der Waals surface area contributed by atoms with Gasteiger partial charge >= 0.3 is 0 Å². The maximum absolute atomic E-state index is 13.2. The maximum atomic E-state index is 13.2. The maximum Gasteiger partial charge on any atom is 0.129 e. The van der Waals surface area contributed by atoms with Crippen LogP contribution in [0.5, 0.6) is 0 Å². The molecule has 3 rings (SSSR count). The number of aryl methyl sites for hydroxylation is 1. The van der Waals surface area contributed by atoms with Crippen molar-refractivity contribution in [1.29, 1.82) is 0 Å². The molecule has 110 valence electrons. The minimum Gasteiger partial charge on any atom is -0.381 e. The Morgan fingerprint density at radius 2 is 2.24 bits per heavy atom. The van der Waals surface area contributed by atoms with Gasteiger partial charge in [-0.2, -0.15) is 0 Å². The van der Waals surface area contributed by atoms with Crippen LogP contribution in [0.1, 0.15) is 29.2 Å². The zero-order valence-corrected chi connectivity index (χ0v) is 12.0. The van der Waals surface area contributed by atoms with Crippen LogP contribution >= 0.6 is 0 Å². The van der Waals surface area contributed by atoms with E-state index in [1.165, 1.54) is 6.07 Å². The highest BCUT2D eigenvalue weighted by atomic mass is 19.1. The van der Waals surface area contributed by atoms with Crippen molar-refractivity contribution >= 4 is 5.82 Å². The van der Waals surface area contributed by atoms with Crippen LogP contribution < -0.4 is 5.32 Å². The Hall–Kier alpha value is -2.01. The topological polar surface area (TPSA) is 47.0 Å². The number of ether oxygens (including phenoxy) is 1. The molecule has 0 spiro atoms. The van der Waals surface area contributed by atoms with E-state index in [1.54, 1.807) is 19.3 Å². The molecule has 2 aromatic rings. The molecule has 1 aliphatic rings. The molecular weight excluding hydrogens is 269 g/mol. The highest BCUT2D eigenvalue weighted by Crippen LogP contribution is 2.24. The molecule has 4 nitrogen and oxygen atoms in total. The molecule has 1 N–H and O–H groups in total. The fourth-order valence-corrected chi connectivity index (χ4v) is 2.47. The number of benzene rings is 1. The molecule has 2 heterocycles. The van der Waals surface area contributed by atoms with Crippen LogP contribution in [0.4, 0.5) is 10.2 Å². The zero-order valence-electron chi connectivity index (χ0n) is 12.0. The summed E-state index contributed by atoms with van der Waals surface area (Å²) in [5.74, 6) is 0.972. The van der Waals surface area contributed by atoms with Crippen LogP contribution in [0.2, 0.25) is 0 Å². The van der Waals surface area contributed by atoms with Gasteiger partial charge in [0.05, 0.1) is 12.3 Å². The summed E-state index contributed by atoms with van der Waals surface area (Å²) in [6, 6.07) is 7.08. The van der Waals surface area contributed by atoms with Crippen molar-refractivity contribution in [3.05, 3.63) is 53.2 Å². The Labute approximate surface area is 123 Å². The van der Waals surface area contributed by atoms with E-state index in [9.17, 15) is 4.39 Å². The van der Waals surface area contributed by atoms with E-state index in [0.29, 0.717) is 18.0 Å². The second kappa shape index (κ2) is 6.18. The normalized spacial score (nSPS) is 17.9. The lowest BCUT2D eigenvalue weighted by molar-refractivity contribution is 0.193. The molecule has 0 saturated carbocycles. The monoisotopic (exact) mass is 287 g/mol. The number of nitrogens with one attached hydrogen (secondary N) is 1. The van der Waals surface area contributed by atoms with Gasteiger partial charge in [0.25, 0.3) is 0 Å². The molecule has 1 aromatic carbocycles. The number of hydrogen-bond acceptors (Lipinski definition) is 4. The largest absolute Gasteiger partial charge is 0.381 e. The third kappa shape index (κ3) is 3.36. The highest BCUT2D eigenvalue weighted by molar-refractivity contribution is 5.37. The summed E-state index contributed by atoms with van der Waals surface area (Å²) in [6.07, 6.45) is 2.58. The lowest BCUT2D eigenvalue weighted by Crippen LogP contribution is -2.06. The molecule has 1 saturated heterocycles. The van der Waals surface area contributed by atoms with Gasteiger partial charge in [0.2, 0.25) is 0 Å². The summed E-state index contributed by atoms with van der Waals surface area (Å²) in [6.45, 7) is 3.90. The smallest absolute Gasteiger partial charge is 0.129 e. The third-order valence-electron chi connectivity index (χ3n) is 3.73. The molecule has 1 aromatic heterocycles. The lowest BCUT2D eigenvalue weighted by Gasteiger charge is -2.10. The number of aromatic nitrogens is 2. The fourth-order valence-electron chi connectivity index (χ4n) is 2.47. The van der Waals surface area contributed by atoms with Gasteiger partial charge in [-0.25, -0.2) is 14.4 Å². The quantitative estimate of drug-likeness (QED) is 0.939. The number of rotatable bonds is 4. The number of nitrogens with zero attached hydrogens (tertiary/aromatic N) is 2. The predicted molar refractivity (Wildman–Crippen MR) is 78.7 cm³/mol. The van der Waals surface area contributed by atoms with Gasteiger partial charge in [-0.3, -0.25) is 0 Å². The molecule has 1 atom stereocenters. The molecule has 0 radical (unpaired) electrons. The van der Waals surface area contributed by atoms with Crippen LogP contribution in [-0.2, 0) is 11.3 Å². The second-order valence-electron chi connectivity index (χ2n) is 5.33. The summed E-state index contributed by atoms with van der Waals surface area (Å²) in [5, 5.41) is 3.26. The van der Waals surface area contributed by atoms with Crippen molar-refractivity contribution in [2.75, 3.05) is 18.5 Å². The molecule has 0 unspecified atom stereocenters. The van der Waals surface area contributed by atoms with Crippen LogP contribution in [0, 0.1) is 12.7 Å². The Balaban J connectivity index is 1.67. The number of hydrogen-bond donors (Lipinski definition) is 1. The molecule has 21 heavy (non-hydrogen) atoms. The van der Waals surface area contributed by atoms with E-state index in [-0.39, 0.29) is 5.82 Å². The van der Waals surface area contributed by atoms with Gasteiger partial charge in [0.1, 0.15) is 18.0 Å². The first-order chi connectivity index (χ1) is 10.2. The minimum absolute atomic E-state index is 0.177. The van der Waals surface area contributed by atoms with Gasteiger partial charge in [-0.1, -0.05) is 12.1 Å². The Bertz CT molecular complexity index is 627. The molecular formula is C16H18FN3O. The summed E-state index contributed by atoms with van der Waals surface area (Å²) in [4.78, 5) is 8.55. The fraction of sp³-hybridized carbons (Fsp3) is 0.375. The second-order valence-corrected chi connectivity index (χ2v) is 5.33. The first-order valence-corrected chi connectivity index (χ1v) is 7.11. The van der Waals surface area contributed by atoms with Crippen LogP contribution in [-0.4, -0.2) is 23.2 Å². The van der Waals surface area contributed by atoms with E-state index >= 15 is 0 Å². The van der Waals surface area contributed by atoms with E-state index in [4.69, 9.17) is 4.74 Å². The van der Waals surface area contributed by atoms with Gasteiger partial charge in [0, 0.05) is 25.1 Å². The van der Waals surface area contributed by atoms with Gasteiger partial charge in [-0.05, 0) is 30.5 Å². The van der Waals surface area contributed by atoms with E-state index in [1.807, 2.05) is 12.1 Å². The summed E-state index contributed by atoms with van der Waals surface area (Å²) in [7, 11) is 0. The van der Waals surface area contributed by atoms with Gasteiger partial charge in [0.15, 0.2) is 0 Å². The van der Waals surface area contributed by atoms with Crippen molar-refractivity contribution in [2.45, 2.75) is 25.8 Å². The molecule has 0 amide bonds. The Kier molecular flexibility index (Phi) is 4.10. The van der Waals surface area contributed by atoms with Crippen molar-refractivity contribution in [3.63, 3.8) is 0 Å². The number of anilines is 1. The summed E-state index contributed by atoms with van der Waals surface area (Å²) >= 11 is 0. The minimum atomic E-state index is -0.177. The van der Waals surface area contributed by atoms with E-state index in [0.717, 1.165) is 36.7 Å². The van der Waals surface area contributed by atoms with Gasteiger partial charge in [-0.15, -0.1) is 0 Å². The van der Waals surface area contributed by atoms with Crippen LogP contribution in [0.3, 0.4) is 0 Å². The van der Waals surface area contributed by atoms with Crippen molar-refractivity contribution in [2.24, 2.45) is 0 Å². The molecule has 5 heteroatoms. The SMILES string of the molecule is Cc1cc(CNc2cc([C@H]3CCOC3)ncn2)ccc1F. The zero-order chi connectivity index (χ0) is 14.7. The summed E-state index contributed by atoms with van der Waals surface area (Å²) < 4.78 is 18.6. The molecule has 0 bridgehead atoms. The first-order valence-electron chi connectivity index (χ1n) is 7.11. The Morgan fingerprint density at radius 3 is 3.00 bits per heavy atom. The van der Waals surface area contributed by atoms with E-state index < -0.39 is 0 Å².